The van der Waals surface area contributed by atoms with Crippen molar-refractivity contribution >= 4 is 27.0 Å². The van der Waals surface area contributed by atoms with E-state index in [0.717, 1.165) is 37.3 Å². The lowest BCUT2D eigenvalue weighted by molar-refractivity contribution is -0.132. The number of likely N-dealkylation sites (tertiary alicyclic amines) is 1. The second-order valence-electron chi connectivity index (χ2n) is 8.27. The Bertz CT molecular complexity index is 1170. The molecule has 0 atom stereocenters. The maximum absolute atomic E-state index is 12.7. The van der Waals surface area contributed by atoms with Gasteiger partial charge in [0.05, 0.1) is 15.9 Å². The van der Waals surface area contributed by atoms with Crippen LogP contribution in [0.4, 0.5) is 0 Å². The van der Waals surface area contributed by atoms with Crippen molar-refractivity contribution in [2.45, 2.75) is 36.6 Å². The van der Waals surface area contributed by atoms with Gasteiger partial charge in [0.2, 0.25) is 15.9 Å². The number of aromatic nitrogens is 3. The highest BCUT2D eigenvalue weighted by molar-refractivity contribution is 7.89. The molecule has 0 N–H and O–H groups in total. The molecule has 0 saturated carbocycles. The van der Waals surface area contributed by atoms with Gasteiger partial charge in [0.15, 0.2) is 0 Å². The quantitative estimate of drug-likeness (QED) is 0.586. The molecule has 1 aromatic carbocycles. The normalized spacial score (nSPS) is 15.8. The van der Waals surface area contributed by atoms with E-state index in [1.54, 1.807) is 18.2 Å². The van der Waals surface area contributed by atoms with Gasteiger partial charge >= 0.3 is 0 Å². The van der Waals surface area contributed by atoms with Gasteiger partial charge in [-0.2, -0.15) is 0 Å². The van der Waals surface area contributed by atoms with Gasteiger partial charge in [-0.1, -0.05) is 0 Å². The van der Waals surface area contributed by atoms with E-state index in [-0.39, 0.29) is 10.8 Å². The average molecular weight is 444 g/mol. The lowest BCUT2D eigenvalue weighted by Crippen LogP contribution is -2.39. The minimum atomic E-state index is -3.51. The molecule has 8 nitrogen and oxygen atoms in total. The highest BCUT2D eigenvalue weighted by Gasteiger charge is 2.24. The Hall–Kier alpha value is -2.65. The summed E-state index contributed by atoms with van der Waals surface area (Å²) in [6.45, 7) is 1.55. The molecule has 3 heterocycles. The number of hydrogen-bond acceptors (Lipinski definition) is 4. The van der Waals surface area contributed by atoms with Gasteiger partial charge in [-0.3, -0.25) is 4.79 Å². The van der Waals surface area contributed by atoms with E-state index >= 15 is 0 Å². The SMILES string of the molecule is CN(C)S(=O)(=O)c1ccc2c(c1)nc(CCC(=O)N1CCC(n3cccc3)CC1)n2C. The van der Waals surface area contributed by atoms with Crippen LogP contribution in [0.1, 0.15) is 31.1 Å². The van der Waals surface area contributed by atoms with Crippen molar-refractivity contribution < 1.29 is 13.2 Å². The van der Waals surface area contributed by atoms with E-state index in [1.807, 2.05) is 28.6 Å². The maximum Gasteiger partial charge on any atom is 0.242 e. The molecule has 31 heavy (non-hydrogen) atoms. The van der Waals surface area contributed by atoms with Crippen LogP contribution < -0.4 is 0 Å². The van der Waals surface area contributed by atoms with Crippen molar-refractivity contribution in [2.24, 2.45) is 7.05 Å². The second kappa shape index (κ2) is 8.47. The Morgan fingerprint density at radius 3 is 2.48 bits per heavy atom. The fraction of sp³-hybridized carbons (Fsp3) is 0.455. The number of fused-ring (bicyclic) bond motifs is 1. The molecule has 0 unspecified atom stereocenters. The Morgan fingerprint density at radius 2 is 1.84 bits per heavy atom. The third kappa shape index (κ3) is 4.24. The first kappa shape index (κ1) is 21.6. The molecule has 0 radical (unpaired) electrons. The third-order valence-electron chi connectivity index (χ3n) is 6.15. The van der Waals surface area contributed by atoms with Crippen LogP contribution >= 0.6 is 0 Å². The Kier molecular flexibility index (Phi) is 5.90. The zero-order valence-electron chi connectivity index (χ0n) is 18.2. The number of carbonyl (C=O) groups is 1. The van der Waals surface area contributed by atoms with Crippen LogP contribution in [0.25, 0.3) is 11.0 Å². The van der Waals surface area contributed by atoms with E-state index in [0.29, 0.717) is 24.4 Å². The van der Waals surface area contributed by atoms with Crippen LogP contribution in [0.3, 0.4) is 0 Å². The van der Waals surface area contributed by atoms with Gasteiger partial charge in [-0.15, -0.1) is 0 Å². The topological polar surface area (TPSA) is 80.4 Å². The molecular weight excluding hydrogens is 414 g/mol. The van der Waals surface area contributed by atoms with Crippen molar-refractivity contribution in [2.75, 3.05) is 27.2 Å². The summed E-state index contributed by atoms with van der Waals surface area (Å²) in [5.41, 5.74) is 1.48. The van der Waals surface area contributed by atoms with Gasteiger partial charge in [0.25, 0.3) is 0 Å². The molecule has 1 saturated heterocycles. The number of hydrogen-bond donors (Lipinski definition) is 0. The summed E-state index contributed by atoms with van der Waals surface area (Å²) < 4.78 is 30.1. The largest absolute Gasteiger partial charge is 0.351 e. The Balaban J connectivity index is 1.41. The van der Waals surface area contributed by atoms with Gasteiger partial charge in [-0.25, -0.2) is 17.7 Å². The van der Waals surface area contributed by atoms with E-state index in [4.69, 9.17) is 0 Å². The highest BCUT2D eigenvalue weighted by Crippen LogP contribution is 2.24. The van der Waals surface area contributed by atoms with E-state index < -0.39 is 10.0 Å². The number of carbonyl (C=O) groups excluding carboxylic acids is 1. The Morgan fingerprint density at radius 1 is 1.16 bits per heavy atom. The van der Waals surface area contributed by atoms with Crippen molar-refractivity contribution in [1.29, 1.82) is 0 Å². The standard InChI is InChI=1S/C22H29N5O3S/c1-24(2)31(29,30)18-6-7-20-19(16-18)23-21(25(20)3)8-9-22(28)27-14-10-17(11-15-27)26-12-4-5-13-26/h4-7,12-13,16-17H,8-11,14-15H2,1-3H3. The average Bonchev–Trinajstić information content (AvgIpc) is 3.40. The molecule has 166 valence electrons. The highest BCUT2D eigenvalue weighted by atomic mass is 32.2. The summed E-state index contributed by atoms with van der Waals surface area (Å²) in [7, 11) is 1.41. The van der Waals surface area contributed by atoms with Crippen LogP contribution in [0.2, 0.25) is 0 Å². The molecule has 1 aliphatic heterocycles. The van der Waals surface area contributed by atoms with E-state index in [9.17, 15) is 13.2 Å². The van der Waals surface area contributed by atoms with Crippen molar-refractivity contribution in [1.82, 2.24) is 23.3 Å². The summed E-state index contributed by atoms with van der Waals surface area (Å²) in [5, 5.41) is 0. The van der Waals surface area contributed by atoms with Crippen molar-refractivity contribution in [3.63, 3.8) is 0 Å². The zero-order chi connectivity index (χ0) is 22.2. The molecule has 0 spiro atoms. The first-order valence-corrected chi connectivity index (χ1v) is 12.0. The molecule has 4 rings (SSSR count). The summed E-state index contributed by atoms with van der Waals surface area (Å²) in [6, 6.07) is 9.51. The van der Waals surface area contributed by atoms with Gasteiger partial charge in [-0.05, 0) is 43.2 Å². The molecule has 0 aliphatic carbocycles. The fourth-order valence-electron chi connectivity index (χ4n) is 4.21. The molecular formula is C22H29N5O3S. The van der Waals surface area contributed by atoms with Gasteiger partial charge in [0.1, 0.15) is 5.82 Å². The fourth-order valence-corrected chi connectivity index (χ4v) is 5.13. The Labute approximate surface area is 183 Å². The number of benzene rings is 1. The van der Waals surface area contributed by atoms with Crippen LogP contribution in [-0.2, 0) is 28.3 Å². The molecule has 9 heteroatoms. The smallest absolute Gasteiger partial charge is 0.242 e. The summed E-state index contributed by atoms with van der Waals surface area (Å²) in [4.78, 5) is 19.5. The van der Waals surface area contributed by atoms with Crippen molar-refractivity contribution in [3.05, 3.63) is 48.5 Å². The number of piperidine rings is 1. The summed E-state index contributed by atoms with van der Waals surface area (Å²) in [6.07, 6.45) is 7.03. The molecule has 3 aromatic rings. The van der Waals surface area contributed by atoms with Crippen LogP contribution in [0, 0.1) is 0 Å². The number of amides is 1. The number of nitrogens with zero attached hydrogens (tertiary/aromatic N) is 5. The molecule has 1 aliphatic rings. The number of imidazole rings is 1. The number of aryl methyl sites for hydroxylation is 2. The minimum absolute atomic E-state index is 0.147. The summed E-state index contributed by atoms with van der Waals surface area (Å²) >= 11 is 0. The lowest BCUT2D eigenvalue weighted by Gasteiger charge is -2.32. The monoisotopic (exact) mass is 443 g/mol. The van der Waals surface area contributed by atoms with E-state index in [2.05, 4.69) is 21.9 Å². The minimum Gasteiger partial charge on any atom is -0.351 e. The van der Waals surface area contributed by atoms with Crippen LogP contribution in [0.15, 0.2) is 47.6 Å². The molecule has 0 bridgehead atoms. The van der Waals surface area contributed by atoms with Gasteiger partial charge in [0, 0.05) is 65.5 Å². The molecule has 1 amide bonds. The number of rotatable bonds is 6. The first-order valence-electron chi connectivity index (χ1n) is 10.6. The predicted molar refractivity (Wildman–Crippen MR) is 119 cm³/mol. The zero-order valence-corrected chi connectivity index (χ0v) is 19.0. The molecule has 1 fully saturated rings. The van der Waals surface area contributed by atoms with Gasteiger partial charge < -0.3 is 14.0 Å². The number of sulfonamides is 1. The van der Waals surface area contributed by atoms with Crippen LogP contribution in [-0.4, -0.2) is 64.8 Å². The van der Waals surface area contributed by atoms with E-state index in [1.165, 1.54) is 18.4 Å². The first-order chi connectivity index (χ1) is 14.8. The predicted octanol–water partition coefficient (Wildman–Crippen LogP) is 2.42. The lowest BCUT2D eigenvalue weighted by atomic mass is 10.0. The van der Waals surface area contributed by atoms with Crippen molar-refractivity contribution in [3.8, 4) is 0 Å². The van der Waals surface area contributed by atoms with Crippen LogP contribution in [0.5, 0.6) is 0 Å². The second-order valence-corrected chi connectivity index (χ2v) is 10.4. The molecule has 2 aromatic heterocycles. The maximum atomic E-state index is 12.7. The summed E-state index contributed by atoms with van der Waals surface area (Å²) in [5.74, 6) is 0.930. The third-order valence-corrected chi connectivity index (χ3v) is 7.96.